The van der Waals surface area contributed by atoms with E-state index in [-0.39, 0.29) is 18.3 Å². The van der Waals surface area contributed by atoms with Crippen LogP contribution in [0.5, 0.6) is 0 Å². The van der Waals surface area contributed by atoms with Crippen LogP contribution in [0.25, 0.3) is 0 Å². The molecule has 3 N–H and O–H groups in total. The van der Waals surface area contributed by atoms with Crippen LogP contribution in [0.4, 0.5) is 0 Å². The monoisotopic (exact) mass is 236 g/mol. The number of carboxylic acids is 1. The van der Waals surface area contributed by atoms with Gasteiger partial charge in [0.05, 0.1) is 6.04 Å². The Morgan fingerprint density at radius 1 is 1.60 bits per heavy atom. The molecule has 0 aliphatic carbocycles. The van der Waals surface area contributed by atoms with E-state index >= 15 is 0 Å². The lowest BCUT2D eigenvalue weighted by atomic mass is 10.1. The fraction of sp³-hybridized carbons (Fsp3) is 0.778. The molecule has 6 heteroatoms. The number of hydrogen-bond donors (Lipinski definition) is 2. The van der Waals surface area contributed by atoms with Crippen LogP contribution in [0, 0.1) is 0 Å². The Labute approximate surface area is 95.0 Å². The van der Waals surface area contributed by atoms with Gasteiger partial charge < -0.3 is 15.7 Å². The Balaban J connectivity index is 0.00000196. The van der Waals surface area contributed by atoms with E-state index < -0.39 is 18.1 Å². The van der Waals surface area contributed by atoms with Gasteiger partial charge in [0.25, 0.3) is 0 Å². The SMILES string of the molecule is CC(C(=O)O)N1CCCC[C@H](N)C1=O.Cl. The number of carbonyl (C=O) groups excluding carboxylic acids is 1. The zero-order chi connectivity index (χ0) is 10.7. The smallest absolute Gasteiger partial charge is 0.326 e. The highest BCUT2D eigenvalue weighted by Crippen LogP contribution is 2.13. The molecule has 1 heterocycles. The van der Waals surface area contributed by atoms with Gasteiger partial charge in [-0.25, -0.2) is 4.79 Å². The van der Waals surface area contributed by atoms with Gasteiger partial charge in [-0.15, -0.1) is 12.4 Å². The highest BCUT2D eigenvalue weighted by Gasteiger charge is 2.30. The molecule has 1 saturated heterocycles. The molecular weight excluding hydrogens is 220 g/mol. The second-order valence-electron chi connectivity index (χ2n) is 3.65. The van der Waals surface area contributed by atoms with Gasteiger partial charge in [-0.3, -0.25) is 4.79 Å². The van der Waals surface area contributed by atoms with E-state index in [2.05, 4.69) is 0 Å². The van der Waals surface area contributed by atoms with Gasteiger partial charge >= 0.3 is 5.97 Å². The van der Waals surface area contributed by atoms with Crippen LogP contribution in [0.1, 0.15) is 26.2 Å². The third-order valence-corrected chi connectivity index (χ3v) is 2.59. The van der Waals surface area contributed by atoms with Gasteiger partial charge in [-0.1, -0.05) is 0 Å². The minimum absolute atomic E-state index is 0. The number of carbonyl (C=O) groups is 2. The summed E-state index contributed by atoms with van der Waals surface area (Å²) in [6.45, 7) is 2.01. The van der Waals surface area contributed by atoms with Crippen LogP contribution in [-0.4, -0.2) is 40.5 Å². The zero-order valence-electron chi connectivity index (χ0n) is 8.68. The molecule has 0 radical (unpaired) electrons. The third-order valence-electron chi connectivity index (χ3n) is 2.59. The van der Waals surface area contributed by atoms with E-state index in [0.29, 0.717) is 13.0 Å². The Bertz CT molecular complexity index is 248. The lowest BCUT2D eigenvalue weighted by Crippen LogP contribution is -2.49. The van der Waals surface area contributed by atoms with Crippen molar-refractivity contribution >= 4 is 24.3 Å². The molecule has 0 aromatic rings. The second kappa shape index (κ2) is 5.92. The first-order valence-electron chi connectivity index (χ1n) is 4.83. The van der Waals surface area contributed by atoms with Crippen molar-refractivity contribution in [3.05, 3.63) is 0 Å². The van der Waals surface area contributed by atoms with Crippen molar-refractivity contribution in [1.82, 2.24) is 4.90 Å². The fourth-order valence-electron chi connectivity index (χ4n) is 1.61. The Hall–Kier alpha value is -0.810. The normalized spacial score (nSPS) is 24.0. The molecule has 2 atom stereocenters. The lowest BCUT2D eigenvalue weighted by molar-refractivity contribution is -0.149. The van der Waals surface area contributed by atoms with Crippen molar-refractivity contribution in [1.29, 1.82) is 0 Å². The molecule has 0 saturated carbocycles. The Morgan fingerprint density at radius 3 is 2.73 bits per heavy atom. The van der Waals surface area contributed by atoms with E-state index in [1.54, 1.807) is 0 Å². The van der Waals surface area contributed by atoms with Crippen molar-refractivity contribution in [3.63, 3.8) is 0 Å². The number of likely N-dealkylation sites (tertiary alicyclic amines) is 1. The van der Waals surface area contributed by atoms with Gasteiger partial charge in [-0.05, 0) is 26.2 Å². The molecule has 1 aliphatic rings. The second-order valence-corrected chi connectivity index (χ2v) is 3.65. The molecule has 1 aliphatic heterocycles. The largest absolute Gasteiger partial charge is 0.480 e. The zero-order valence-corrected chi connectivity index (χ0v) is 9.50. The highest BCUT2D eigenvalue weighted by atomic mass is 35.5. The summed E-state index contributed by atoms with van der Waals surface area (Å²) in [6, 6.07) is -1.30. The van der Waals surface area contributed by atoms with Gasteiger partial charge in [0.2, 0.25) is 5.91 Å². The van der Waals surface area contributed by atoms with Crippen molar-refractivity contribution in [2.45, 2.75) is 38.3 Å². The molecule has 15 heavy (non-hydrogen) atoms. The molecule has 1 unspecified atom stereocenters. The van der Waals surface area contributed by atoms with Crippen LogP contribution in [0.15, 0.2) is 0 Å². The number of rotatable bonds is 2. The van der Waals surface area contributed by atoms with Gasteiger partial charge in [0, 0.05) is 6.54 Å². The fourth-order valence-corrected chi connectivity index (χ4v) is 1.61. The minimum atomic E-state index is -0.979. The van der Waals surface area contributed by atoms with Gasteiger partial charge in [0.15, 0.2) is 0 Å². The molecular formula is C9H17ClN2O3. The van der Waals surface area contributed by atoms with Crippen molar-refractivity contribution in [2.24, 2.45) is 5.73 Å². The molecule has 1 fully saturated rings. The maximum Gasteiger partial charge on any atom is 0.326 e. The van der Waals surface area contributed by atoms with Gasteiger partial charge in [-0.2, -0.15) is 0 Å². The van der Waals surface area contributed by atoms with Crippen LogP contribution >= 0.6 is 12.4 Å². The van der Waals surface area contributed by atoms with E-state index in [0.717, 1.165) is 12.8 Å². The molecule has 5 nitrogen and oxygen atoms in total. The predicted octanol–water partition coefficient (Wildman–Crippen LogP) is 0.221. The van der Waals surface area contributed by atoms with Crippen molar-refractivity contribution < 1.29 is 14.7 Å². The summed E-state index contributed by atoms with van der Waals surface area (Å²) in [7, 11) is 0. The molecule has 0 aromatic heterocycles. The molecule has 88 valence electrons. The summed E-state index contributed by atoms with van der Waals surface area (Å²) in [4.78, 5) is 23.7. The lowest BCUT2D eigenvalue weighted by Gasteiger charge is -2.26. The summed E-state index contributed by atoms with van der Waals surface area (Å²) in [5.74, 6) is -1.22. The average molecular weight is 237 g/mol. The summed E-state index contributed by atoms with van der Waals surface area (Å²) < 4.78 is 0. The quantitative estimate of drug-likeness (QED) is 0.719. The third kappa shape index (κ3) is 3.35. The van der Waals surface area contributed by atoms with E-state index in [1.165, 1.54) is 11.8 Å². The van der Waals surface area contributed by atoms with Crippen molar-refractivity contribution in [2.75, 3.05) is 6.54 Å². The number of halogens is 1. The minimum Gasteiger partial charge on any atom is -0.480 e. The number of carboxylic acid groups (broad SMARTS) is 1. The topological polar surface area (TPSA) is 83.6 Å². The molecule has 1 rings (SSSR count). The first-order valence-corrected chi connectivity index (χ1v) is 4.83. The average Bonchev–Trinajstić information content (AvgIpc) is 2.29. The van der Waals surface area contributed by atoms with Crippen LogP contribution in [0.3, 0.4) is 0 Å². The van der Waals surface area contributed by atoms with Crippen LogP contribution in [-0.2, 0) is 9.59 Å². The molecule has 0 aromatic carbocycles. The summed E-state index contributed by atoms with van der Waals surface area (Å²) in [5.41, 5.74) is 5.62. The first kappa shape index (κ1) is 14.2. The van der Waals surface area contributed by atoms with E-state index in [4.69, 9.17) is 10.8 Å². The van der Waals surface area contributed by atoms with Crippen LogP contribution < -0.4 is 5.73 Å². The van der Waals surface area contributed by atoms with E-state index in [1.807, 2.05) is 0 Å². The van der Waals surface area contributed by atoms with E-state index in [9.17, 15) is 9.59 Å². The standard InChI is InChI=1S/C9H16N2O3.ClH/c1-6(9(13)14)11-5-3-2-4-7(10)8(11)12;/h6-7H,2-5,10H2,1H3,(H,13,14);1H/t6?,7-;/m0./s1. The highest BCUT2D eigenvalue weighted by molar-refractivity contribution is 5.86. The number of aliphatic carboxylic acids is 1. The van der Waals surface area contributed by atoms with Crippen molar-refractivity contribution in [3.8, 4) is 0 Å². The van der Waals surface area contributed by atoms with Crippen LogP contribution in [0.2, 0.25) is 0 Å². The number of nitrogens with zero attached hydrogens (tertiary/aromatic N) is 1. The Morgan fingerprint density at radius 2 is 2.20 bits per heavy atom. The first-order chi connectivity index (χ1) is 6.54. The predicted molar refractivity (Wildman–Crippen MR) is 57.9 cm³/mol. The maximum absolute atomic E-state index is 11.6. The number of hydrogen-bond acceptors (Lipinski definition) is 3. The summed E-state index contributed by atoms with van der Waals surface area (Å²) in [5, 5.41) is 8.80. The molecule has 0 spiro atoms. The summed E-state index contributed by atoms with van der Waals surface area (Å²) >= 11 is 0. The summed E-state index contributed by atoms with van der Waals surface area (Å²) in [6.07, 6.45) is 2.37. The number of nitrogens with two attached hydrogens (primary N) is 1. The maximum atomic E-state index is 11.6. The molecule has 0 bridgehead atoms. The van der Waals surface area contributed by atoms with Gasteiger partial charge in [0.1, 0.15) is 6.04 Å². The Kier molecular flexibility index (Phi) is 5.60. The molecule has 1 amide bonds. The number of amides is 1.